The maximum absolute atomic E-state index is 13.9. The number of aliphatic carboxylic acids is 1. The Morgan fingerprint density at radius 3 is 2.22 bits per heavy atom. The number of carbonyl (C=O) groups is 1. The fraction of sp³-hybridized carbons (Fsp3) is 0.385. The van der Waals surface area contributed by atoms with Gasteiger partial charge in [-0.2, -0.15) is 39.5 Å². The van der Waals surface area contributed by atoms with Crippen molar-refractivity contribution < 1.29 is 53.9 Å². The summed E-state index contributed by atoms with van der Waals surface area (Å²) in [5.41, 5.74) is -1.44. The van der Waals surface area contributed by atoms with E-state index in [1.54, 1.807) is 4.90 Å². The van der Waals surface area contributed by atoms with Gasteiger partial charge in [-0.1, -0.05) is 28.6 Å². The molecule has 9 nitrogen and oxygen atoms in total. The van der Waals surface area contributed by atoms with Crippen LogP contribution in [0.3, 0.4) is 0 Å². The van der Waals surface area contributed by atoms with Crippen LogP contribution in [0.15, 0.2) is 45.7 Å². The fourth-order valence-electron chi connectivity index (χ4n) is 4.43. The van der Waals surface area contributed by atoms with Gasteiger partial charge in [0.05, 0.1) is 21.3 Å². The molecule has 0 aliphatic carbocycles. The number of hydrogen-bond acceptors (Lipinski definition) is 8. The van der Waals surface area contributed by atoms with E-state index in [2.05, 4.69) is 24.5 Å². The third-order valence-electron chi connectivity index (χ3n) is 6.56. The zero-order chi connectivity index (χ0) is 33.2. The van der Waals surface area contributed by atoms with Gasteiger partial charge >= 0.3 is 30.3 Å². The normalized spacial score (nSPS) is 14.4. The Hall–Kier alpha value is -4.13. The van der Waals surface area contributed by atoms with Gasteiger partial charge in [0.15, 0.2) is 11.0 Å². The molecule has 4 aromatic rings. The third-order valence-corrected chi connectivity index (χ3v) is 7.64. The Morgan fingerprint density at radius 2 is 1.67 bits per heavy atom. The first-order chi connectivity index (χ1) is 20.9. The first kappa shape index (κ1) is 33.8. The fourth-order valence-corrected chi connectivity index (χ4v) is 5.46. The summed E-state index contributed by atoms with van der Waals surface area (Å²) in [6.45, 7) is 2.91. The van der Waals surface area contributed by atoms with Crippen LogP contribution in [-0.2, 0) is 23.7 Å². The van der Waals surface area contributed by atoms with Crippen LogP contribution in [0, 0.1) is 0 Å². The number of hydrogen-bond donors (Lipinski definition) is 2. The molecule has 0 saturated carbocycles. The number of nitrogens with zero attached hydrogens (tertiary/aromatic N) is 4. The first-order valence-electron chi connectivity index (χ1n) is 12.9. The molecule has 0 radical (unpaired) electrons. The Balaban J connectivity index is 0.000000591. The van der Waals surface area contributed by atoms with Crippen LogP contribution in [0.4, 0.5) is 44.6 Å². The molecule has 2 aromatic heterocycles. The van der Waals surface area contributed by atoms with Crippen molar-refractivity contribution in [3.05, 3.63) is 63.6 Å². The van der Waals surface area contributed by atoms with E-state index in [1.165, 1.54) is 18.2 Å². The Bertz CT molecular complexity index is 1690. The van der Waals surface area contributed by atoms with Crippen LogP contribution in [0.25, 0.3) is 21.6 Å². The molecule has 244 valence electrons. The average molecular weight is 672 g/mol. The van der Waals surface area contributed by atoms with Gasteiger partial charge in [-0.15, -0.1) is 0 Å². The number of rotatable bonds is 7. The minimum atomic E-state index is -5.08. The molecule has 3 heterocycles. The van der Waals surface area contributed by atoms with Gasteiger partial charge in [0.2, 0.25) is 0 Å². The summed E-state index contributed by atoms with van der Waals surface area (Å²) in [5, 5.41) is 10.9. The monoisotopic (exact) mass is 671 g/mol. The summed E-state index contributed by atoms with van der Waals surface area (Å²) in [6.07, 6.45) is -12.2. The predicted molar refractivity (Wildman–Crippen MR) is 143 cm³/mol. The van der Waals surface area contributed by atoms with Crippen LogP contribution in [0.2, 0.25) is 0 Å². The van der Waals surface area contributed by atoms with Crippen molar-refractivity contribution in [2.24, 2.45) is 0 Å². The second-order valence-electron chi connectivity index (χ2n) is 9.77. The lowest BCUT2D eigenvalue weighted by molar-refractivity contribution is -0.192. The summed E-state index contributed by atoms with van der Waals surface area (Å²) in [6, 6.07) is 6.95. The van der Waals surface area contributed by atoms with E-state index in [0.29, 0.717) is 34.0 Å². The van der Waals surface area contributed by atoms with Crippen molar-refractivity contribution in [2.45, 2.75) is 37.9 Å². The lowest BCUT2D eigenvalue weighted by atomic mass is 10.0. The topological polar surface area (TPSA) is 116 Å². The van der Waals surface area contributed by atoms with Gasteiger partial charge in [0.25, 0.3) is 0 Å². The number of carboxylic acids is 1. The molecule has 1 aliphatic heterocycles. The number of alkyl halides is 9. The minimum absolute atomic E-state index is 0.0402. The number of likely N-dealkylation sites (tertiary alicyclic amines) is 1. The SMILES string of the molecule is O=C(O)C(F)(F)F.O=c1[nH]c(-c2ccc(CN(CCN3CCCC3)c3nc4ccc(C(F)(F)F)cc4s3)cc2C(F)(F)F)no1. The number of thiazole rings is 1. The maximum atomic E-state index is 13.9. The number of nitrogens with one attached hydrogen (secondary N) is 1. The van der Waals surface area contributed by atoms with E-state index in [9.17, 15) is 44.3 Å². The molecule has 1 fully saturated rings. The molecule has 0 bridgehead atoms. The van der Waals surface area contributed by atoms with Gasteiger partial charge in [0, 0.05) is 25.2 Å². The molecule has 1 saturated heterocycles. The van der Waals surface area contributed by atoms with Crippen molar-refractivity contribution in [2.75, 3.05) is 31.1 Å². The molecule has 2 aromatic carbocycles. The molecule has 0 atom stereocenters. The summed E-state index contributed by atoms with van der Waals surface area (Å²) < 4.78 is 118. The van der Waals surface area contributed by atoms with E-state index in [0.717, 1.165) is 55.5 Å². The molecular weight excluding hydrogens is 649 g/mol. The summed E-state index contributed by atoms with van der Waals surface area (Å²) in [4.78, 5) is 30.8. The number of halogens is 9. The number of carboxylic acid groups (broad SMARTS) is 1. The highest BCUT2D eigenvalue weighted by Gasteiger charge is 2.38. The maximum Gasteiger partial charge on any atom is 0.490 e. The van der Waals surface area contributed by atoms with Crippen LogP contribution in [-0.4, -0.2) is 63.5 Å². The molecule has 0 amide bonds. The van der Waals surface area contributed by atoms with Crippen LogP contribution < -0.4 is 10.7 Å². The van der Waals surface area contributed by atoms with Crippen molar-refractivity contribution in [3.63, 3.8) is 0 Å². The quantitative estimate of drug-likeness (QED) is 0.217. The summed E-state index contributed by atoms with van der Waals surface area (Å²) in [5.74, 6) is -4.08. The Morgan fingerprint density at radius 1 is 1.00 bits per heavy atom. The molecule has 5 rings (SSSR count). The molecule has 2 N–H and O–H groups in total. The summed E-state index contributed by atoms with van der Waals surface area (Å²) >= 11 is 1.06. The number of aromatic amines is 1. The van der Waals surface area contributed by atoms with E-state index < -0.39 is 41.4 Å². The third kappa shape index (κ3) is 8.74. The number of H-pyrrole nitrogens is 1. The Kier molecular flexibility index (Phi) is 9.81. The van der Waals surface area contributed by atoms with Crippen molar-refractivity contribution in [3.8, 4) is 11.4 Å². The van der Waals surface area contributed by atoms with Gasteiger partial charge in [-0.3, -0.25) is 9.51 Å². The highest BCUT2D eigenvalue weighted by molar-refractivity contribution is 7.22. The van der Waals surface area contributed by atoms with Crippen LogP contribution in [0.5, 0.6) is 0 Å². The zero-order valence-electron chi connectivity index (χ0n) is 22.7. The van der Waals surface area contributed by atoms with Crippen molar-refractivity contribution in [1.29, 1.82) is 0 Å². The number of fused-ring (bicyclic) bond motifs is 1. The standard InChI is InChI=1S/C24H21F6N5O2S.C2HF3O2/c25-23(26,27)15-4-6-18-19(12-15)38-21(31-18)35(10-9-34-7-1-2-8-34)13-14-3-5-16(17(11-14)24(28,29)30)20-32-22(36)37-33-20;3-2(4,5)1(6)7/h3-6,11-12H,1-2,7-10,13H2,(H,32,33,36);(H,6,7). The second-order valence-corrected chi connectivity index (χ2v) is 10.8. The molecule has 45 heavy (non-hydrogen) atoms. The van der Waals surface area contributed by atoms with Gasteiger partial charge in [0.1, 0.15) is 0 Å². The zero-order valence-corrected chi connectivity index (χ0v) is 23.5. The number of benzene rings is 2. The van der Waals surface area contributed by atoms with E-state index in [-0.39, 0.29) is 17.9 Å². The molecule has 1 aliphatic rings. The second kappa shape index (κ2) is 13.1. The first-order valence-corrected chi connectivity index (χ1v) is 13.7. The number of aromatic nitrogens is 3. The van der Waals surface area contributed by atoms with Gasteiger partial charge in [-0.05, 0) is 55.8 Å². The predicted octanol–water partition coefficient (Wildman–Crippen LogP) is 6.41. The molecule has 0 unspecified atom stereocenters. The lowest BCUT2D eigenvalue weighted by Gasteiger charge is -2.25. The van der Waals surface area contributed by atoms with E-state index in [4.69, 9.17) is 9.90 Å². The van der Waals surface area contributed by atoms with Gasteiger partial charge in [-0.25, -0.2) is 14.6 Å². The highest BCUT2D eigenvalue weighted by Crippen LogP contribution is 2.38. The largest absolute Gasteiger partial charge is 0.490 e. The average Bonchev–Trinajstić information content (AvgIpc) is 3.70. The van der Waals surface area contributed by atoms with E-state index >= 15 is 0 Å². The van der Waals surface area contributed by atoms with Crippen LogP contribution in [0.1, 0.15) is 29.5 Å². The molecular formula is C26H22F9N5O4S. The summed E-state index contributed by atoms with van der Waals surface area (Å²) in [7, 11) is 0. The Labute approximate surface area is 250 Å². The van der Waals surface area contributed by atoms with Gasteiger partial charge < -0.3 is 14.9 Å². The molecule has 0 spiro atoms. The van der Waals surface area contributed by atoms with E-state index in [1.807, 2.05) is 0 Å². The molecule has 19 heteroatoms. The smallest absolute Gasteiger partial charge is 0.475 e. The van der Waals surface area contributed by atoms with Crippen molar-refractivity contribution in [1.82, 2.24) is 20.0 Å². The number of anilines is 1. The van der Waals surface area contributed by atoms with Crippen molar-refractivity contribution >= 4 is 32.7 Å². The highest BCUT2D eigenvalue weighted by atomic mass is 32.1. The lowest BCUT2D eigenvalue weighted by Crippen LogP contribution is -2.33. The minimum Gasteiger partial charge on any atom is -0.475 e. The van der Waals surface area contributed by atoms with Crippen LogP contribution >= 0.6 is 11.3 Å².